The molecule has 6 heterocycles. The fourth-order valence-electron chi connectivity index (χ4n) is 13.3. The van der Waals surface area contributed by atoms with Crippen molar-refractivity contribution in [1.82, 2.24) is 0 Å². The average Bonchev–Trinajstić information content (AvgIpc) is 3.46. The van der Waals surface area contributed by atoms with E-state index in [-0.39, 0.29) is 24.9 Å². The highest BCUT2D eigenvalue weighted by atomic mass is 28.4. The second-order valence-electron chi connectivity index (χ2n) is 22.7. The number of benzene rings is 4. The van der Waals surface area contributed by atoms with Crippen LogP contribution in [0.2, 0.25) is 5.04 Å². The first-order valence-electron chi connectivity index (χ1n) is 28.1. The van der Waals surface area contributed by atoms with Gasteiger partial charge >= 0.3 is 0 Å². The van der Waals surface area contributed by atoms with Gasteiger partial charge in [0.2, 0.25) is 23.1 Å². The minimum absolute atomic E-state index is 0.134. The summed E-state index contributed by atoms with van der Waals surface area (Å²) in [4.78, 5) is 0. The van der Waals surface area contributed by atoms with E-state index in [1.54, 1.807) is 21.3 Å². The molecule has 0 unspecified atom stereocenters. The molecule has 6 saturated heterocycles. The summed E-state index contributed by atoms with van der Waals surface area (Å²) in [5, 5.41) is 1.97. The van der Waals surface area contributed by atoms with Crippen LogP contribution in [0, 0.1) is 0 Å². The summed E-state index contributed by atoms with van der Waals surface area (Å²) < 4.78 is 106. The first kappa shape index (κ1) is 55.4. The highest BCUT2D eigenvalue weighted by molar-refractivity contribution is 6.99. The van der Waals surface area contributed by atoms with Crippen LogP contribution in [0.3, 0.4) is 0 Å². The van der Waals surface area contributed by atoms with Crippen LogP contribution in [-0.4, -0.2) is 141 Å². The van der Waals surface area contributed by atoms with Crippen LogP contribution in [0.5, 0.6) is 0 Å². The smallest absolute Gasteiger partial charge is 0.261 e. The van der Waals surface area contributed by atoms with Crippen LogP contribution >= 0.6 is 0 Å². The number of hydrogen-bond acceptors (Lipinski definition) is 15. The maximum absolute atomic E-state index is 7.62. The van der Waals surface area contributed by atoms with Gasteiger partial charge in [-0.05, 0) is 65.1 Å². The van der Waals surface area contributed by atoms with Gasteiger partial charge in [0.05, 0.1) is 39.6 Å². The first-order valence-corrected chi connectivity index (χ1v) is 30.0. The molecular formula is C61H80O15Si. The number of fused-ring (bicyclic) bond motifs is 4. The lowest BCUT2D eigenvalue weighted by atomic mass is 9.83. The molecule has 7 aliphatic rings. The monoisotopic (exact) mass is 1080 g/mol. The van der Waals surface area contributed by atoms with Gasteiger partial charge in [-0.25, -0.2) is 0 Å². The first-order chi connectivity index (χ1) is 37.5. The maximum atomic E-state index is 7.62. The molecule has 4 aromatic carbocycles. The Bertz CT molecular complexity index is 2440. The molecule has 1 aliphatic carbocycles. The Kier molecular flexibility index (Phi) is 16.9. The highest BCUT2D eigenvalue weighted by Gasteiger charge is 2.70. The van der Waals surface area contributed by atoms with E-state index >= 15 is 0 Å². The van der Waals surface area contributed by atoms with Gasteiger partial charge < -0.3 is 70.7 Å². The summed E-state index contributed by atoms with van der Waals surface area (Å²) in [7, 11) is 1.83. The molecule has 0 amide bonds. The third-order valence-corrected chi connectivity index (χ3v) is 22.1. The zero-order valence-corrected chi connectivity index (χ0v) is 46.8. The molecule has 0 bridgehead atoms. The van der Waals surface area contributed by atoms with E-state index < -0.39 is 92.9 Å². The Hall–Kier alpha value is -3.50. The summed E-state index contributed by atoms with van der Waals surface area (Å²) in [5.41, 5.74) is 1.99. The SMILES string of the molecule is CO[C@H]1O[C@H](CO[Si](c2ccccc2)(c2ccccc2)C(C)(C)C)[C@H]2O[C@@]3(OC)CCCC[C@]3(OC)O[C@@H]2[C@@H]1O[C@H]1O[C@H](COCc2ccccc2)[C@H]2O[C@@]3(CCCCO3)[C@]3(CCCCO3)O[C@@H]2[C@@H]1OCc1ccccc1. The van der Waals surface area contributed by atoms with Gasteiger partial charge in [0.1, 0.15) is 48.8 Å². The van der Waals surface area contributed by atoms with Crippen LogP contribution in [0.25, 0.3) is 0 Å². The fraction of sp³-hybridized carbons (Fsp3) is 0.607. The lowest BCUT2D eigenvalue weighted by Gasteiger charge is -2.62. The largest absolute Gasteiger partial charge is 0.405 e. The van der Waals surface area contributed by atoms with Gasteiger partial charge in [0, 0.05) is 47.0 Å². The van der Waals surface area contributed by atoms with Crippen molar-refractivity contribution in [3.63, 3.8) is 0 Å². The van der Waals surface area contributed by atoms with Crippen LogP contribution in [0.1, 0.15) is 96.1 Å². The standard InChI is InChI=1S/C61H80O15Si/c1-57(2,3)77(45-29-15-9-16-30-45,46-31-17-10-18-32-46)69-42-48-50-52(75-59(64-6)34-20-19-33-58(59,63-5)73-50)54(55(62-4)70-48)72-56-53(66-40-44-27-13-8-14-28-44)51-49(47(71-56)41-65-39-43-25-11-7-12-26-43)74-60(35-21-23-37-67-60)61(76-51)36-22-24-38-68-61/h7-18,25-32,47-56H,19-24,33-42H2,1-6H3/t47-,48-,49-,50-,51+,52+,53+,54+,55+,56-,58+,59+,60+,61+/m1/s1. The summed E-state index contributed by atoms with van der Waals surface area (Å²) >= 11 is 0. The summed E-state index contributed by atoms with van der Waals surface area (Å²) in [6.07, 6.45) is -1.21. The van der Waals surface area contributed by atoms with Gasteiger partial charge in [-0.1, -0.05) is 142 Å². The molecule has 16 heteroatoms. The maximum Gasteiger partial charge on any atom is 0.261 e. The molecule has 1 saturated carbocycles. The molecule has 0 N–H and O–H groups in total. The van der Waals surface area contributed by atoms with Gasteiger partial charge in [-0.15, -0.1) is 0 Å². The lowest BCUT2D eigenvalue weighted by molar-refractivity contribution is -0.516. The van der Waals surface area contributed by atoms with Crippen molar-refractivity contribution in [2.45, 2.75) is 188 Å². The third-order valence-electron chi connectivity index (χ3n) is 17.1. The van der Waals surface area contributed by atoms with Crippen molar-refractivity contribution < 1.29 is 70.7 Å². The average molecular weight is 1080 g/mol. The zero-order valence-electron chi connectivity index (χ0n) is 45.8. The Labute approximate surface area is 455 Å². The number of hydrogen-bond donors (Lipinski definition) is 0. The molecule has 15 nitrogen and oxygen atoms in total. The van der Waals surface area contributed by atoms with Gasteiger partial charge in [-0.2, -0.15) is 0 Å². The van der Waals surface area contributed by atoms with Crippen molar-refractivity contribution in [2.24, 2.45) is 0 Å². The zero-order chi connectivity index (χ0) is 53.1. The topological polar surface area (TPSA) is 138 Å². The second-order valence-corrected chi connectivity index (χ2v) is 27.0. The number of rotatable bonds is 17. The van der Waals surface area contributed by atoms with Crippen molar-refractivity contribution in [1.29, 1.82) is 0 Å². The van der Waals surface area contributed by atoms with Crippen LogP contribution in [-0.2, 0) is 84.0 Å². The molecule has 0 aromatic heterocycles. The van der Waals surface area contributed by atoms with E-state index in [0.717, 1.165) is 60.0 Å². The number of ether oxygens (including phenoxy) is 14. The molecule has 77 heavy (non-hydrogen) atoms. The van der Waals surface area contributed by atoms with E-state index in [1.807, 2.05) is 72.8 Å². The second kappa shape index (κ2) is 23.5. The molecule has 7 fully saturated rings. The van der Waals surface area contributed by atoms with Crippen LogP contribution in [0.4, 0.5) is 0 Å². The Morgan fingerprint density at radius 2 is 0.974 bits per heavy atom. The highest BCUT2D eigenvalue weighted by Crippen LogP contribution is 2.55. The third kappa shape index (κ3) is 10.5. The molecule has 0 radical (unpaired) electrons. The van der Waals surface area contributed by atoms with Crippen LogP contribution < -0.4 is 10.4 Å². The van der Waals surface area contributed by atoms with E-state index in [1.165, 1.54) is 0 Å². The molecule has 418 valence electrons. The van der Waals surface area contributed by atoms with E-state index in [4.69, 9.17) is 70.7 Å². The molecule has 6 aliphatic heterocycles. The predicted molar refractivity (Wildman–Crippen MR) is 286 cm³/mol. The summed E-state index contributed by atoms with van der Waals surface area (Å²) in [5.74, 6) is -4.96. The van der Waals surface area contributed by atoms with Crippen molar-refractivity contribution in [3.8, 4) is 0 Å². The van der Waals surface area contributed by atoms with E-state index in [2.05, 4.69) is 69.3 Å². The van der Waals surface area contributed by atoms with Crippen molar-refractivity contribution >= 4 is 18.7 Å². The molecule has 14 atom stereocenters. The van der Waals surface area contributed by atoms with Crippen molar-refractivity contribution in [2.75, 3.05) is 47.8 Å². The Morgan fingerprint density at radius 3 is 1.49 bits per heavy atom. The van der Waals surface area contributed by atoms with Gasteiger partial charge in [0.25, 0.3) is 8.32 Å². The Balaban J connectivity index is 0.979. The summed E-state index contributed by atoms with van der Waals surface area (Å²) in [6, 6.07) is 41.3. The lowest BCUT2D eigenvalue weighted by Crippen LogP contribution is -2.77. The number of methoxy groups -OCH3 is 3. The molecule has 2 spiro atoms. The quantitative estimate of drug-likeness (QED) is 0.0934. The molecule has 4 aromatic rings. The fourth-order valence-corrected chi connectivity index (χ4v) is 17.9. The molecular weight excluding hydrogens is 1000 g/mol. The predicted octanol–water partition coefficient (Wildman–Crippen LogP) is 8.47. The minimum Gasteiger partial charge on any atom is -0.405 e. The van der Waals surface area contributed by atoms with Gasteiger partial charge in [0.15, 0.2) is 12.6 Å². The van der Waals surface area contributed by atoms with E-state index in [9.17, 15) is 0 Å². The minimum atomic E-state index is -3.09. The van der Waals surface area contributed by atoms with Crippen molar-refractivity contribution in [3.05, 3.63) is 132 Å². The van der Waals surface area contributed by atoms with Crippen LogP contribution in [0.15, 0.2) is 121 Å². The molecule has 11 rings (SSSR count). The normalized spacial score (nSPS) is 36.4. The Morgan fingerprint density at radius 1 is 0.506 bits per heavy atom. The van der Waals surface area contributed by atoms with Gasteiger partial charge in [-0.3, -0.25) is 0 Å². The van der Waals surface area contributed by atoms with E-state index in [0.29, 0.717) is 45.5 Å². The summed E-state index contributed by atoms with van der Waals surface area (Å²) in [6.45, 7) is 8.64.